The van der Waals surface area contributed by atoms with Crippen LogP contribution in [0.3, 0.4) is 0 Å². The first-order valence-electron chi connectivity index (χ1n) is 7.46. The highest BCUT2D eigenvalue weighted by molar-refractivity contribution is 6.01. The van der Waals surface area contributed by atoms with Gasteiger partial charge in [0.2, 0.25) is 0 Å². The summed E-state index contributed by atoms with van der Waals surface area (Å²) in [6, 6.07) is 5.34. The summed E-state index contributed by atoms with van der Waals surface area (Å²) in [6.07, 6.45) is 0.913. The molecule has 0 bridgehead atoms. The maximum atomic E-state index is 12.8. The van der Waals surface area contributed by atoms with Crippen LogP contribution in [0.25, 0.3) is 0 Å². The van der Waals surface area contributed by atoms with Gasteiger partial charge in [0.15, 0.2) is 0 Å². The molecular formula is C16H27N3O2. The summed E-state index contributed by atoms with van der Waals surface area (Å²) in [5.74, 6) is 0.508. The summed E-state index contributed by atoms with van der Waals surface area (Å²) in [5, 5.41) is 0. The minimum atomic E-state index is -0.0553. The van der Waals surface area contributed by atoms with Gasteiger partial charge in [0.1, 0.15) is 11.3 Å². The molecule has 0 spiro atoms. The summed E-state index contributed by atoms with van der Waals surface area (Å²) < 4.78 is 5.55. The quantitative estimate of drug-likeness (QED) is 0.746. The SMILES string of the molecule is CCCN(CCN(C)C)C(=O)c1c(N)cccc1OCC. The molecule has 0 heterocycles. The van der Waals surface area contributed by atoms with E-state index in [9.17, 15) is 4.79 Å². The second-order valence-corrected chi connectivity index (χ2v) is 5.25. The Labute approximate surface area is 127 Å². The predicted octanol–water partition coefficient (Wildman–Crippen LogP) is 2.08. The molecule has 1 aromatic carbocycles. The number of nitrogens with zero attached hydrogens (tertiary/aromatic N) is 2. The van der Waals surface area contributed by atoms with E-state index in [2.05, 4.69) is 11.8 Å². The van der Waals surface area contributed by atoms with Gasteiger partial charge in [-0.15, -0.1) is 0 Å². The molecule has 1 amide bonds. The molecule has 0 aromatic heterocycles. The molecule has 21 heavy (non-hydrogen) atoms. The van der Waals surface area contributed by atoms with Crippen LogP contribution in [0.15, 0.2) is 18.2 Å². The third kappa shape index (κ3) is 4.93. The van der Waals surface area contributed by atoms with Crippen molar-refractivity contribution in [3.05, 3.63) is 23.8 Å². The second kappa shape index (κ2) is 8.52. The van der Waals surface area contributed by atoms with Crippen LogP contribution >= 0.6 is 0 Å². The first-order valence-corrected chi connectivity index (χ1v) is 7.46. The van der Waals surface area contributed by atoms with E-state index in [0.29, 0.717) is 36.7 Å². The van der Waals surface area contributed by atoms with Gasteiger partial charge in [-0.3, -0.25) is 4.79 Å². The fourth-order valence-corrected chi connectivity index (χ4v) is 2.12. The van der Waals surface area contributed by atoms with Crippen molar-refractivity contribution in [1.82, 2.24) is 9.80 Å². The van der Waals surface area contributed by atoms with Gasteiger partial charge >= 0.3 is 0 Å². The molecule has 0 fully saturated rings. The minimum absolute atomic E-state index is 0.0553. The molecule has 0 saturated carbocycles. The average molecular weight is 293 g/mol. The normalized spacial score (nSPS) is 10.7. The summed E-state index contributed by atoms with van der Waals surface area (Å²) in [4.78, 5) is 16.7. The van der Waals surface area contributed by atoms with Gasteiger partial charge in [-0.2, -0.15) is 0 Å². The van der Waals surface area contributed by atoms with Crippen molar-refractivity contribution >= 4 is 11.6 Å². The largest absolute Gasteiger partial charge is 0.493 e. The second-order valence-electron chi connectivity index (χ2n) is 5.25. The van der Waals surface area contributed by atoms with Crippen molar-refractivity contribution in [2.24, 2.45) is 0 Å². The maximum absolute atomic E-state index is 12.8. The number of anilines is 1. The Kier molecular flexibility index (Phi) is 7.02. The number of hydrogen-bond donors (Lipinski definition) is 1. The van der Waals surface area contributed by atoms with E-state index in [0.717, 1.165) is 13.0 Å². The maximum Gasteiger partial charge on any atom is 0.259 e. The molecule has 0 atom stereocenters. The zero-order valence-corrected chi connectivity index (χ0v) is 13.6. The number of carbonyl (C=O) groups is 1. The molecule has 0 aliphatic heterocycles. The van der Waals surface area contributed by atoms with E-state index in [-0.39, 0.29) is 5.91 Å². The van der Waals surface area contributed by atoms with Gasteiger partial charge in [-0.25, -0.2) is 0 Å². The Balaban J connectivity index is 3.02. The van der Waals surface area contributed by atoms with E-state index < -0.39 is 0 Å². The fraction of sp³-hybridized carbons (Fsp3) is 0.562. The number of ether oxygens (including phenoxy) is 1. The van der Waals surface area contributed by atoms with E-state index >= 15 is 0 Å². The molecule has 5 nitrogen and oxygen atoms in total. The van der Waals surface area contributed by atoms with Crippen molar-refractivity contribution in [2.75, 3.05) is 46.1 Å². The molecule has 118 valence electrons. The lowest BCUT2D eigenvalue weighted by Gasteiger charge is -2.25. The van der Waals surface area contributed by atoms with Gasteiger partial charge in [-0.05, 0) is 39.6 Å². The highest BCUT2D eigenvalue weighted by Gasteiger charge is 2.21. The van der Waals surface area contributed by atoms with Crippen LogP contribution in [0, 0.1) is 0 Å². The van der Waals surface area contributed by atoms with E-state index in [4.69, 9.17) is 10.5 Å². The predicted molar refractivity (Wildman–Crippen MR) is 86.8 cm³/mol. The van der Waals surface area contributed by atoms with Crippen LogP contribution in [-0.4, -0.2) is 56.0 Å². The molecule has 0 unspecified atom stereocenters. The number of carbonyl (C=O) groups excluding carboxylic acids is 1. The molecule has 1 rings (SSSR count). The number of hydrogen-bond acceptors (Lipinski definition) is 4. The standard InChI is InChI=1S/C16H27N3O2/c1-5-10-19(12-11-18(3)4)16(20)15-13(17)8-7-9-14(15)21-6-2/h7-9H,5-6,10-12,17H2,1-4H3. The summed E-state index contributed by atoms with van der Waals surface area (Å²) in [5.41, 5.74) is 6.95. The third-order valence-electron chi connectivity index (χ3n) is 3.17. The highest BCUT2D eigenvalue weighted by Crippen LogP contribution is 2.26. The van der Waals surface area contributed by atoms with E-state index in [1.807, 2.05) is 25.9 Å². The lowest BCUT2D eigenvalue weighted by molar-refractivity contribution is 0.0742. The Morgan fingerprint density at radius 1 is 1.19 bits per heavy atom. The van der Waals surface area contributed by atoms with Gasteiger partial charge in [0.05, 0.1) is 6.61 Å². The Morgan fingerprint density at radius 3 is 2.48 bits per heavy atom. The topological polar surface area (TPSA) is 58.8 Å². The molecule has 5 heteroatoms. The Hall–Kier alpha value is -1.75. The van der Waals surface area contributed by atoms with Gasteiger partial charge in [0, 0.05) is 25.3 Å². The molecule has 0 aliphatic rings. The zero-order chi connectivity index (χ0) is 15.8. The number of likely N-dealkylation sites (N-methyl/N-ethyl adjacent to an activating group) is 1. The van der Waals surface area contributed by atoms with Crippen LogP contribution in [-0.2, 0) is 0 Å². The number of amides is 1. The van der Waals surface area contributed by atoms with E-state index in [1.165, 1.54) is 0 Å². The average Bonchev–Trinajstić information content (AvgIpc) is 2.43. The van der Waals surface area contributed by atoms with Gasteiger partial charge < -0.3 is 20.3 Å². The van der Waals surface area contributed by atoms with E-state index in [1.54, 1.807) is 18.2 Å². The lowest BCUT2D eigenvalue weighted by Crippen LogP contribution is -2.37. The molecule has 1 aromatic rings. The fourth-order valence-electron chi connectivity index (χ4n) is 2.12. The number of rotatable bonds is 8. The monoisotopic (exact) mass is 293 g/mol. The van der Waals surface area contributed by atoms with Crippen molar-refractivity contribution in [1.29, 1.82) is 0 Å². The third-order valence-corrected chi connectivity index (χ3v) is 3.17. The van der Waals surface area contributed by atoms with Crippen molar-refractivity contribution in [3.8, 4) is 5.75 Å². The van der Waals surface area contributed by atoms with Gasteiger partial charge in [0.25, 0.3) is 5.91 Å². The first kappa shape index (κ1) is 17.3. The van der Waals surface area contributed by atoms with Crippen LogP contribution in [0.5, 0.6) is 5.75 Å². The zero-order valence-electron chi connectivity index (χ0n) is 13.6. The van der Waals surface area contributed by atoms with Crippen LogP contribution in [0.4, 0.5) is 5.69 Å². The Bertz CT molecular complexity index is 461. The molecule has 0 saturated heterocycles. The molecule has 0 radical (unpaired) electrons. The lowest BCUT2D eigenvalue weighted by atomic mass is 10.1. The number of nitrogens with two attached hydrogens (primary N) is 1. The molecule has 2 N–H and O–H groups in total. The first-order chi connectivity index (χ1) is 10.0. The number of benzene rings is 1. The van der Waals surface area contributed by atoms with Crippen LogP contribution < -0.4 is 10.5 Å². The van der Waals surface area contributed by atoms with Crippen molar-refractivity contribution in [2.45, 2.75) is 20.3 Å². The molecular weight excluding hydrogens is 266 g/mol. The molecule has 0 aliphatic carbocycles. The van der Waals surface area contributed by atoms with Gasteiger partial charge in [-0.1, -0.05) is 13.0 Å². The number of nitrogen functional groups attached to an aromatic ring is 1. The van der Waals surface area contributed by atoms with Crippen LogP contribution in [0.1, 0.15) is 30.6 Å². The van der Waals surface area contributed by atoms with Crippen molar-refractivity contribution < 1.29 is 9.53 Å². The highest BCUT2D eigenvalue weighted by atomic mass is 16.5. The Morgan fingerprint density at radius 2 is 1.90 bits per heavy atom. The minimum Gasteiger partial charge on any atom is -0.493 e. The van der Waals surface area contributed by atoms with Crippen molar-refractivity contribution in [3.63, 3.8) is 0 Å². The summed E-state index contributed by atoms with van der Waals surface area (Å²) >= 11 is 0. The van der Waals surface area contributed by atoms with Crippen LogP contribution in [0.2, 0.25) is 0 Å². The summed E-state index contributed by atoms with van der Waals surface area (Å²) in [7, 11) is 3.99. The smallest absolute Gasteiger partial charge is 0.259 e. The summed E-state index contributed by atoms with van der Waals surface area (Å²) in [6.45, 7) is 6.69.